The standard InChI is InChI=1S/C19H27ClN2O2/c20-17-9-5-4-8-16(17)18(22-10-12-24-13-11-22)14-21-19(23)15-6-2-1-3-7-15/h4-5,8-9,15,18H,1-3,6-7,10-14H2,(H,21,23). The molecule has 24 heavy (non-hydrogen) atoms. The van der Waals surface area contributed by atoms with Gasteiger partial charge < -0.3 is 10.1 Å². The number of hydrogen-bond donors (Lipinski definition) is 1. The smallest absolute Gasteiger partial charge is 0.223 e. The molecular formula is C19H27ClN2O2. The second-order valence-electron chi connectivity index (χ2n) is 6.77. The zero-order valence-corrected chi connectivity index (χ0v) is 14.9. The maximum atomic E-state index is 12.5. The Bertz CT molecular complexity index is 540. The molecule has 1 N–H and O–H groups in total. The summed E-state index contributed by atoms with van der Waals surface area (Å²) in [5, 5.41) is 3.96. The van der Waals surface area contributed by atoms with Crippen LogP contribution < -0.4 is 5.32 Å². The first-order chi connectivity index (χ1) is 11.8. The lowest BCUT2D eigenvalue weighted by molar-refractivity contribution is -0.126. The molecule has 1 heterocycles. The second-order valence-corrected chi connectivity index (χ2v) is 7.17. The van der Waals surface area contributed by atoms with E-state index < -0.39 is 0 Å². The summed E-state index contributed by atoms with van der Waals surface area (Å²) in [7, 11) is 0. The van der Waals surface area contributed by atoms with Gasteiger partial charge in [-0.15, -0.1) is 0 Å². The first-order valence-electron chi connectivity index (χ1n) is 9.09. The molecule has 1 aliphatic heterocycles. The molecule has 2 aliphatic rings. The van der Waals surface area contributed by atoms with Crippen LogP contribution in [0.4, 0.5) is 0 Å². The van der Waals surface area contributed by atoms with Gasteiger partial charge in [0, 0.05) is 30.6 Å². The minimum absolute atomic E-state index is 0.107. The number of hydrogen-bond acceptors (Lipinski definition) is 3. The topological polar surface area (TPSA) is 41.6 Å². The second kappa shape index (κ2) is 8.84. The normalized spacial score (nSPS) is 21.4. The van der Waals surface area contributed by atoms with E-state index in [1.807, 2.05) is 18.2 Å². The first kappa shape index (κ1) is 17.7. The molecule has 4 nitrogen and oxygen atoms in total. The molecule has 132 valence electrons. The van der Waals surface area contributed by atoms with Gasteiger partial charge in [-0.3, -0.25) is 9.69 Å². The number of nitrogens with one attached hydrogen (secondary N) is 1. The summed E-state index contributed by atoms with van der Waals surface area (Å²) >= 11 is 6.43. The lowest BCUT2D eigenvalue weighted by atomic mass is 9.88. The van der Waals surface area contributed by atoms with Gasteiger partial charge in [-0.05, 0) is 24.5 Å². The fraction of sp³-hybridized carbons (Fsp3) is 0.632. The number of benzene rings is 1. The van der Waals surface area contributed by atoms with Crippen LogP contribution in [0.15, 0.2) is 24.3 Å². The molecular weight excluding hydrogens is 324 g/mol. The molecule has 1 saturated heterocycles. The van der Waals surface area contributed by atoms with Gasteiger partial charge in [0.25, 0.3) is 0 Å². The van der Waals surface area contributed by atoms with Crippen molar-refractivity contribution >= 4 is 17.5 Å². The van der Waals surface area contributed by atoms with Gasteiger partial charge in [-0.25, -0.2) is 0 Å². The molecule has 1 unspecified atom stereocenters. The van der Waals surface area contributed by atoms with Crippen molar-refractivity contribution in [2.75, 3.05) is 32.8 Å². The summed E-state index contributed by atoms with van der Waals surface area (Å²) in [6.07, 6.45) is 5.67. The van der Waals surface area contributed by atoms with Crippen LogP contribution in [0.3, 0.4) is 0 Å². The highest BCUT2D eigenvalue weighted by atomic mass is 35.5. The molecule has 0 bridgehead atoms. The zero-order chi connectivity index (χ0) is 16.8. The summed E-state index contributed by atoms with van der Waals surface area (Å²) in [6.45, 7) is 3.82. The predicted molar refractivity (Wildman–Crippen MR) is 96.2 cm³/mol. The monoisotopic (exact) mass is 350 g/mol. The Kier molecular flexibility index (Phi) is 6.52. The molecule has 0 aromatic heterocycles. The van der Waals surface area contributed by atoms with Gasteiger partial charge in [0.05, 0.1) is 19.3 Å². The van der Waals surface area contributed by atoms with Crippen LogP contribution in [-0.4, -0.2) is 43.7 Å². The molecule has 1 amide bonds. The van der Waals surface area contributed by atoms with Crippen molar-refractivity contribution in [1.82, 2.24) is 10.2 Å². The van der Waals surface area contributed by atoms with E-state index in [2.05, 4.69) is 16.3 Å². The maximum absolute atomic E-state index is 12.5. The Labute approximate surface area is 149 Å². The van der Waals surface area contributed by atoms with Crippen LogP contribution in [0.5, 0.6) is 0 Å². The number of halogens is 1. The molecule has 1 aliphatic carbocycles. The number of morpholine rings is 1. The van der Waals surface area contributed by atoms with Crippen molar-refractivity contribution in [2.45, 2.75) is 38.1 Å². The Morgan fingerprint density at radius 1 is 1.21 bits per heavy atom. The quantitative estimate of drug-likeness (QED) is 0.884. The number of carbonyl (C=O) groups excluding carboxylic acids is 1. The molecule has 1 aromatic rings. The van der Waals surface area contributed by atoms with Gasteiger partial charge >= 0.3 is 0 Å². The molecule has 1 atom stereocenters. The first-order valence-corrected chi connectivity index (χ1v) is 9.47. The highest BCUT2D eigenvalue weighted by molar-refractivity contribution is 6.31. The maximum Gasteiger partial charge on any atom is 0.223 e. The van der Waals surface area contributed by atoms with Crippen LogP contribution in [0, 0.1) is 5.92 Å². The van der Waals surface area contributed by atoms with E-state index in [1.54, 1.807) is 0 Å². The summed E-state index contributed by atoms with van der Waals surface area (Å²) in [4.78, 5) is 14.9. The number of nitrogens with zero attached hydrogens (tertiary/aromatic N) is 1. The van der Waals surface area contributed by atoms with E-state index in [0.717, 1.165) is 49.7 Å². The molecule has 5 heteroatoms. The van der Waals surface area contributed by atoms with E-state index in [4.69, 9.17) is 16.3 Å². The molecule has 1 aromatic carbocycles. The summed E-state index contributed by atoms with van der Waals surface area (Å²) in [5.74, 6) is 0.398. The highest BCUT2D eigenvalue weighted by Gasteiger charge is 2.27. The number of rotatable bonds is 5. The molecule has 3 rings (SSSR count). The van der Waals surface area contributed by atoms with E-state index in [1.165, 1.54) is 19.3 Å². The number of amides is 1. The third kappa shape index (κ3) is 4.50. The van der Waals surface area contributed by atoms with Gasteiger partial charge in [-0.2, -0.15) is 0 Å². The zero-order valence-electron chi connectivity index (χ0n) is 14.2. The van der Waals surface area contributed by atoms with Gasteiger partial charge in [0.15, 0.2) is 0 Å². The van der Waals surface area contributed by atoms with Crippen LogP contribution in [0.25, 0.3) is 0 Å². The van der Waals surface area contributed by atoms with Crippen molar-refractivity contribution in [3.63, 3.8) is 0 Å². The van der Waals surface area contributed by atoms with Crippen LogP contribution in [0.1, 0.15) is 43.7 Å². The number of carbonyl (C=O) groups is 1. The Morgan fingerprint density at radius 3 is 2.62 bits per heavy atom. The molecule has 1 saturated carbocycles. The molecule has 0 spiro atoms. The third-order valence-corrected chi connectivity index (χ3v) is 5.54. The largest absolute Gasteiger partial charge is 0.379 e. The van der Waals surface area contributed by atoms with Crippen molar-refractivity contribution < 1.29 is 9.53 Å². The van der Waals surface area contributed by atoms with Crippen molar-refractivity contribution in [2.24, 2.45) is 5.92 Å². The van der Waals surface area contributed by atoms with E-state index >= 15 is 0 Å². The highest BCUT2D eigenvalue weighted by Crippen LogP contribution is 2.28. The lowest BCUT2D eigenvalue weighted by Crippen LogP contribution is -2.45. The molecule has 2 fully saturated rings. The van der Waals surface area contributed by atoms with Crippen molar-refractivity contribution in [3.05, 3.63) is 34.9 Å². The summed E-state index contributed by atoms with van der Waals surface area (Å²) in [5.41, 5.74) is 1.09. The minimum Gasteiger partial charge on any atom is -0.379 e. The van der Waals surface area contributed by atoms with Gasteiger partial charge in [0.1, 0.15) is 0 Å². The van der Waals surface area contributed by atoms with Gasteiger partial charge in [0.2, 0.25) is 5.91 Å². The van der Waals surface area contributed by atoms with E-state index in [0.29, 0.717) is 6.54 Å². The van der Waals surface area contributed by atoms with Crippen LogP contribution in [-0.2, 0) is 9.53 Å². The SMILES string of the molecule is O=C(NCC(c1ccccc1Cl)N1CCOCC1)C1CCCCC1. The van der Waals surface area contributed by atoms with Crippen LogP contribution in [0.2, 0.25) is 5.02 Å². The lowest BCUT2D eigenvalue weighted by Gasteiger charge is -2.35. The Hall–Kier alpha value is -1.10. The van der Waals surface area contributed by atoms with Crippen molar-refractivity contribution in [3.8, 4) is 0 Å². The van der Waals surface area contributed by atoms with Gasteiger partial charge in [-0.1, -0.05) is 49.1 Å². The van der Waals surface area contributed by atoms with E-state index in [9.17, 15) is 4.79 Å². The minimum atomic E-state index is 0.107. The Morgan fingerprint density at radius 2 is 1.92 bits per heavy atom. The summed E-state index contributed by atoms with van der Waals surface area (Å²) in [6, 6.07) is 8.05. The van der Waals surface area contributed by atoms with E-state index in [-0.39, 0.29) is 17.9 Å². The summed E-state index contributed by atoms with van der Waals surface area (Å²) < 4.78 is 5.47. The fourth-order valence-corrected chi connectivity index (χ4v) is 4.04. The predicted octanol–water partition coefficient (Wildman–Crippen LogP) is 3.41. The molecule has 0 radical (unpaired) electrons. The fourth-order valence-electron chi connectivity index (χ4n) is 3.78. The van der Waals surface area contributed by atoms with Crippen molar-refractivity contribution in [1.29, 1.82) is 0 Å². The number of ether oxygens (including phenoxy) is 1. The third-order valence-electron chi connectivity index (χ3n) is 5.20. The average Bonchev–Trinajstić information content (AvgIpc) is 2.65. The van der Waals surface area contributed by atoms with Crippen LogP contribution >= 0.6 is 11.6 Å². The Balaban J connectivity index is 1.67. The average molecular weight is 351 g/mol.